The molecule has 1 aromatic carbocycles. The van der Waals surface area contributed by atoms with Crippen LogP contribution in [0.2, 0.25) is 0 Å². The Hall–Kier alpha value is -2.47. The summed E-state index contributed by atoms with van der Waals surface area (Å²) in [4.78, 5) is 4.64. The molecule has 1 atom stereocenters. The number of hydrogen-bond acceptors (Lipinski definition) is 5. The van der Waals surface area contributed by atoms with Gasteiger partial charge in [-0.15, -0.1) is 0 Å². The van der Waals surface area contributed by atoms with Gasteiger partial charge in [0.25, 0.3) is 5.89 Å². The van der Waals surface area contributed by atoms with Crippen molar-refractivity contribution in [3.05, 3.63) is 53.0 Å². The number of aryl methyl sites for hydroxylation is 1. The first-order valence-electron chi connectivity index (χ1n) is 9.85. The molecule has 140 valence electrons. The average molecular weight is 364 g/mol. The number of aromatic nitrogens is 4. The smallest absolute Gasteiger partial charge is 0.278 e. The summed E-state index contributed by atoms with van der Waals surface area (Å²) in [7, 11) is 0. The second-order valence-electron chi connectivity index (χ2n) is 7.71. The fourth-order valence-electron chi connectivity index (χ4n) is 4.08. The lowest BCUT2D eigenvalue weighted by atomic mass is 9.89. The van der Waals surface area contributed by atoms with Crippen LogP contribution in [0.4, 0.5) is 0 Å². The Labute approximate surface area is 158 Å². The summed E-state index contributed by atoms with van der Waals surface area (Å²) in [5, 5.41) is 8.94. The van der Waals surface area contributed by atoms with E-state index in [1.165, 1.54) is 30.4 Å². The molecule has 0 amide bonds. The van der Waals surface area contributed by atoms with E-state index < -0.39 is 0 Å². The van der Waals surface area contributed by atoms with E-state index >= 15 is 0 Å². The number of nitrogens with zero attached hydrogens (tertiary/aromatic N) is 4. The van der Waals surface area contributed by atoms with Crippen molar-refractivity contribution in [3.63, 3.8) is 0 Å². The topological polar surface area (TPSA) is 66.0 Å². The van der Waals surface area contributed by atoms with Gasteiger partial charge < -0.3 is 9.26 Å². The largest absolute Gasteiger partial charge is 0.365 e. The van der Waals surface area contributed by atoms with Crippen LogP contribution in [0.25, 0.3) is 11.6 Å². The highest BCUT2D eigenvalue weighted by molar-refractivity contribution is 5.47. The Kier molecular flexibility index (Phi) is 4.28. The maximum absolute atomic E-state index is 6.05. The first-order chi connectivity index (χ1) is 13.3. The maximum atomic E-state index is 6.05. The fraction of sp³-hybridized carbons (Fsp3) is 0.476. The van der Waals surface area contributed by atoms with E-state index in [9.17, 15) is 0 Å². The summed E-state index contributed by atoms with van der Waals surface area (Å²) in [5.41, 5.74) is 4.22. The number of benzene rings is 1. The number of rotatable bonds is 3. The monoisotopic (exact) mass is 364 g/mol. The van der Waals surface area contributed by atoms with Gasteiger partial charge in [-0.1, -0.05) is 54.2 Å². The number of hydrogen-bond donors (Lipinski definition) is 0. The molecule has 3 aromatic rings. The molecule has 0 bridgehead atoms. The van der Waals surface area contributed by atoms with Crippen molar-refractivity contribution in [2.24, 2.45) is 0 Å². The van der Waals surface area contributed by atoms with Crippen LogP contribution in [0, 0.1) is 6.92 Å². The van der Waals surface area contributed by atoms with Crippen LogP contribution in [0.5, 0.6) is 0 Å². The normalized spacial score (nSPS) is 20.6. The van der Waals surface area contributed by atoms with Crippen LogP contribution < -0.4 is 0 Å². The maximum Gasteiger partial charge on any atom is 0.278 e. The molecule has 0 spiro atoms. The van der Waals surface area contributed by atoms with Crippen molar-refractivity contribution < 1.29 is 9.26 Å². The summed E-state index contributed by atoms with van der Waals surface area (Å²) >= 11 is 0. The highest BCUT2D eigenvalue weighted by Gasteiger charge is 2.26. The lowest BCUT2D eigenvalue weighted by molar-refractivity contribution is -0.00113. The molecule has 6 nitrogen and oxygen atoms in total. The van der Waals surface area contributed by atoms with Crippen molar-refractivity contribution >= 4 is 0 Å². The van der Waals surface area contributed by atoms with Crippen LogP contribution in [0.15, 0.2) is 34.9 Å². The third-order valence-corrected chi connectivity index (χ3v) is 5.71. The molecule has 3 heterocycles. The van der Waals surface area contributed by atoms with Gasteiger partial charge >= 0.3 is 0 Å². The van der Waals surface area contributed by atoms with E-state index in [4.69, 9.17) is 14.4 Å². The van der Waals surface area contributed by atoms with Crippen LogP contribution >= 0.6 is 0 Å². The summed E-state index contributed by atoms with van der Waals surface area (Å²) in [5.74, 6) is 1.79. The number of ether oxygens (including phenoxy) is 1. The Morgan fingerprint density at radius 1 is 1.07 bits per heavy atom. The molecule has 1 aliphatic carbocycles. The van der Waals surface area contributed by atoms with E-state index in [0.29, 0.717) is 25.0 Å². The highest BCUT2D eigenvalue weighted by atomic mass is 16.5. The van der Waals surface area contributed by atoms with Crippen molar-refractivity contribution in [3.8, 4) is 11.6 Å². The van der Waals surface area contributed by atoms with Gasteiger partial charge in [-0.05, 0) is 31.4 Å². The van der Waals surface area contributed by atoms with Crippen LogP contribution in [0.1, 0.15) is 66.8 Å². The van der Waals surface area contributed by atoms with E-state index in [1.807, 2.05) is 10.7 Å². The Balaban J connectivity index is 1.35. The SMILES string of the molecule is Cc1ccc(C2Cn3nc(-c4nc(C5CCCCC5)no4)cc3CO2)cc1. The zero-order valence-corrected chi connectivity index (χ0v) is 15.6. The van der Waals surface area contributed by atoms with Crippen molar-refractivity contribution in [2.75, 3.05) is 0 Å². The zero-order valence-electron chi connectivity index (χ0n) is 15.6. The molecule has 2 aromatic heterocycles. The third kappa shape index (κ3) is 3.30. The Bertz CT molecular complexity index is 922. The molecular weight excluding hydrogens is 340 g/mol. The molecule has 0 radical (unpaired) electrons. The van der Waals surface area contributed by atoms with Gasteiger partial charge in [-0.3, -0.25) is 4.68 Å². The molecule has 1 fully saturated rings. The predicted molar refractivity (Wildman–Crippen MR) is 100 cm³/mol. The molecule has 0 saturated heterocycles. The third-order valence-electron chi connectivity index (χ3n) is 5.71. The van der Waals surface area contributed by atoms with Crippen LogP contribution in [0.3, 0.4) is 0 Å². The van der Waals surface area contributed by atoms with Gasteiger partial charge in [-0.2, -0.15) is 10.1 Å². The molecule has 0 N–H and O–H groups in total. The van der Waals surface area contributed by atoms with Gasteiger partial charge in [0.15, 0.2) is 11.5 Å². The molecular formula is C21H24N4O2. The summed E-state index contributed by atoms with van der Waals surface area (Å²) in [6.07, 6.45) is 6.16. The fourth-order valence-corrected chi connectivity index (χ4v) is 4.08. The minimum absolute atomic E-state index is 0.0198. The van der Waals surface area contributed by atoms with E-state index in [1.54, 1.807) is 0 Å². The predicted octanol–water partition coefficient (Wildman–Crippen LogP) is 4.56. The molecule has 27 heavy (non-hydrogen) atoms. The van der Waals surface area contributed by atoms with Gasteiger partial charge in [0.05, 0.1) is 18.8 Å². The van der Waals surface area contributed by atoms with Crippen molar-refractivity contribution in [2.45, 2.75) is 64.2 Å². The second-order valence-corrected chi connectivity index (χ2v) is 7.71. The van der Waals surface area contributed by atoms with Gasteiger partial charge in [-0.25, -0.2) is 0 Å². The molecule has 1 unspecified atom stereocenters. The van der Waals surface area contributed by atoms with Crippen molar-refractivity contribution in [1.82, 2.24) is 19.9 Å². The molecule has 5 rings (SSSR count). The lowest BCUT2D eigenvalue weighted by Crippen LogP contribution is -2.21. The molecule has 2 aliphatic rings. The minimum atomic E-state index is 0.0198. The first kappa shape index (κ1) is 16.7. The van der Waals surface area contributed by atoms with E-state index in [2.05, 4.69) is 41.3 Å². The summed E-state index contributed by atoms with van der Waals surface area (Å²) in [6.45, 7) is 3.33. The van der Waals surface area contributed by atoms with Gasteiger partial charge in [0.2, 0.25) is 0 Å². The quantitative estimate of drug-likeness (QED) is 0.681. The second kappa shape index (κ2) is 6.93. The lowest BCUT2D eigenvalue weighted by Gasteiger charge is -2.24. The summed E-state index contributed by atoms with van der Waals surface area (Å²) < 4.78 is 13.6. The highest BCUT2D eigenvalue weighted by Crippen LogP contribution is 2.33. The first-order valence-corrected chi connectivity index (χ1v) is 9.85. The Morgan fingerprint density at radius 2 is 1.89 bits per heavy atom. The Morgan fingerprint density at radius 3 is 2.70 bits per heavy atom. The van der Waals surface area contributed by atoms with E-state index in [-0.39, 0.29) is 6.10 Å². The van der Waals surface area contributed by atoms with E-state index in [0.717, 1.165) is 30.1 Å². The summed E-state index contributed by atoms with van der Waals surface area (Å²) in [6, 6.07) is 10.5. The van der Waals surface area contributed by atoms with Gasteiger partial charge in [0, 0.05) is 5.92 Å². The van der Waals surface area contributed by atoms with Gasteiger partial charge in [0.1, 0.15) is 6.10 Å². The minimum Gasteiger partial charge on any atom is -0.365 e. The van der Waals surface area contributed by atoms with Crippen LogP contribution in [-0.2, 0) is 17.9 Å². The molecule has 1 aliphatic heterocycles. The average Bonchev–Trinajstić information content (AvgIpc) is 3.36. The van der Waals surface area contributed by atoms with Crippen molar-refractivity contribution in [1.29, 1.82) is 0 Å². The number of fused-ring (bicyclic) bond motifs is 1. The standard InChI is InChI=1S/C21H24N4O2/c1-14-7-9-15(10-8-14)19-12-25-17(13-26-19)11-18(23-25)21-22-20(24-27-21)16-5-3-2-4-6-16/h7-11,16,19H,2-6,12-13H2,1H3. The molecule has 1 saturated carbocycles. The van der Waals surface area contributed by atoms with Crippen LogP contribution in [-0.4, -0.2) is 19.9 Å². The molecule has 6 heteroatoms. The zero-order chi connectivity index (χ0) is 18.2.